The number of rotatable bonds is 5. The van der Waals surface area contributed by atoms with Gasteiger partial charge >= 0.3 is 5.97 Å². The number of benzene rings is 1. The molecule has 0 unspecified atom stereocenters. The van der Waals surface area contributed by atoms with Crippen LogP contribution in [0.5, 0.6) is 0 Å². The van der Waals surface area contributed by atoms with Crippen LogP contribution in [0.3, 0.4) is 0 Å². The Morgan fingerprint density at radius 2 is 1.97 bits per heavy atom. The maximum absolute atomic E-state index is 12.8. The normalized spacial score (nSPS) is 15.4. The maximum Gasteiger partial charge on any atom is 0.338 e. The van der Waals surface area contributed by atoms with Crippen molar-refractivity contribution in [3.63, 3.8) is 0 Å². The number of hydrogen-bond donors (Lipinski definition) is 0. The fourth-order valence-corrected chi connectivity index (χ4v) is 3.13. The monoisotopic (exact) mass is 402 g/mol. The highest BCUT2D eigenvalue weighted by Crippen LogP contribution is 2.30. The minimum Gasteiger partial charge on any atom is -0.465 e. The third kappa shape index (κ3) is 3.59. The minimum absolute atomic E-state index is 0.0105. The highest BCUT2D eigenvalue weighted by molar-refractivity contribution is 6.19. The van der Waals surface area contributed by atoms with Crippen LogP contribution in [0.1, 0.15) is 23.0 Å². The second-order valence-corrected chi connectivity index (χ2v) is 6.42. The van der Waals surface area contributed by atoms with Crippen molar-refractivity contribution in [2.24, 2.45) is 0 Å². The summed E-state index contributed by atoms with van der Waals surface area (Å²) < 4.78 is 10.6. The van der Waals surface area contributed by atoms with Crippen LogP contribution in [0.4, 0.5) is 0 Å². The number of amides is 2. The lowest BCUT2D eigenvalue weighted by Gasteiger charge is -2.26. The van der Waals surface area contributed by atoms with Gasteiger partial charge in [0.1, 0.15) is 23.2 Å². The first-order chi connectivity index (χ1) is 14.4. The first-order valence-corrected chi connectivity index (χ1v) is 9.00. The molecular weight excluding hydrogens is 384 g/mol. The minimum atomic E-state index is -0.649. The van der Waals surface area contributed by atoms with E-state index in [1.54, 1.807) is 43.3 Å². The van der Waals surface area contributed by atoms with Crippen molar-refractivity contribution in [3.8, 4) is 17.4 Å². The second-order valence-electron chi connectivity index (χ2n) is 6.42. The smallest absolute Gasteiger partial charge is 0.338 e. The van der Waals surface area contributed by atoms with E-state index in [1.165, 1.54) is 19.3 Å². The van der Waals surface area contributed by atoms with Gasteiger partial charge in [-0.25, -0.2) is 4.79 Å². The molecule has 0 aliphatic carbocycles. The van der Waals surface area contributed by atoms with E-state index < -0.39 is 17.8 Å². The molecule has 0 N–H and O–H groups in total. The van der Waals surface area contributed by atoms with Gasteiger partial charge in [-0.1, -0.05) is 24.3 Å². The fourth-order valence-electron chi connectivity index (χ4n) is 3.13. The van der Waals surface area contributed by atoms with Crippen LogP contribution < -0.4 is 0 Å². The van der Waals surface area contributed by atoms with Gasteiger partial charge in [0, 0.05) is 17.7 Å². The zero-order chi connectivity index (χ0) is 21.8. The van der Waals surface area contributed by atoms with Crippen LogP contribution >= 0.6 is 0 Å². The largest absolute Gasteiger partial charge is 0.465 e. The van der Waals surface area contributed by atoms with Crippen molar-refractivity contribution in [2.45, 2.75) is 6.92 Å². The topological polar surface area (TPSA) is 101 Å². The van der Waals surface area contributed by atoms with E-state index in [0.717, 1.165) is 4.90 Å². The van der Waals surface area contributed by atoms with Gasteiger partial charge in [0.15, 0.2) is 0 Å². The zero-order valence-electron chi connectivity index (χ0n) is 16.5. The van der Waals surface area contributed by atoms with E-state index in [9.17, 15) is 19.6 Å². The first kappa shape index (κ1) is 20.6. The Kier molecular flexibility index (Phi) is 5.79. The van der Waals surface area contributed by atoms with E-state index in [0.29, 0.717) is 22.6 Å². The molecule has 1 aromatic heterocycles. The van der Waals surface area contributed by atoms with Gasteiger partial charge < -0.3 is 9.15 Å². The van der Waals surface area contributed by atoms with Crippen molar-refractivity contribution < 1.29 is 23.5 Å². The molecule has 2 aromatic rings. The Labute approximate surface area is 173 Å². The van der Waals surface area contributed by atoms with Crippen molar-refractivity contribution in [2.75, 3.05) is 13.7 Å². The number of esters is 1. The van der Waals surface area contributed by atoms with Crippen molar-refractivity contribution in [3.05, 3.63) is 77.1 Å². The summed E-state index contributed by atoms with van der Waals surface area (Å²) in [6.07, 6.45) is 2.89. The molecule has 0 saturated heterocycles. The number of ether oxygens (including phenoxy) is 1. The molecule has 7 nitrogen and oxygen atoms in total. The van der Waals surface area contributed by atoms with Crippen LogP contribution in [-0.4, -0.2) is 36.3 Å². The Morgan fingerprint density at radius 1 is 1.23 bits per heavy atom. The van der Waals surface area contributed by atoms with E-state index >= 15 is 0 Å². The molecule has 0 bridgehead atoms. The Hall–Kier alpha value is -4.18. The van der Waals surface area contributed by atoms with E-state index in [-0.39, 0.29) is 23.3 Å². The summed E-state index contributed by atoms with van der Waals surface area (Å²) in [5, 5.41) is 9.36. The van der Waals surface area contributed by atoms with Gasteiger partial charge in [-0.05, 0) is 36.8 Å². The average molecular weight is 402 g/mol. The predicted octanol–water partition coefficient (Wildman–Crippen LogP) is 3.51. The SMILES string of the molecule is C=CCN1C(=O)C(C#N)=C(C)/C(=C\c2ccc(-c3ccccc3C(=O)OC)o2)C1=O. The average Bonchev–Trinajstić information content (AvgIpc) is 3.22. The highest BCUT2D eigenvalue weighted by atomic mass is 16.5. The highest BCUT2D eigenvalue weighted by Gasteiger charge is 2.34. The number of hydrogen-bond acceptors (Lipinski definition) is 6. The molecule has 150 valence electrons. The number of furan rings is 1. The summed E-state index contributed by atoms with van der Waals surface area (Å²) in [5.74, 6) is -0.946. The summed E-state index contributed by atoms with van der Waals surface area (Å²) in [7, 11) is 1.30. The van der Waals surface area contributed by atoms with Gasteiger partial charge in [-0.15, -0.1) is 6.58 Å². The van der Waals surface area contributed by atoms with Gasteiger partial charge in [-0.2, -0.15) is 5.26 Å². The molecule has 30 heavy (non-hydrogen) atoms. The number of nitrogens with zero attached hydrogens (tertiary/aromatic N) is 2. The Balaban J connectivity index is 2.06. The molecule has 0 spiro atoms. The molecule has 1 aromatic carbocycles. The third-order valence-electron chi connectivity index (χ3n) is 4.65. The molecule has 0 saturated carbocycles. The van der Waals surface area contributed by atoms with Crippen LogP contribution in [0.25, 0.3) is 17.4 Å². The number of methoxy groups -OCH3 is 1. The summed E-state index contributed by atoms with van der Waals surface area (Å²) in [4.78, 5) is 38.1. The number of imide groups is 1. The lowest BCUT2D eigenvalue weighted by Crippen LogP contribution is -2.42. The zero-order valence-corrected chi connectivity index (χ0v) is 16.5. The molecule has 0 radical (unpaired) electrons. The summed E-state index contributed by atoms with van der Waals surface area (Å²) >= 11 is 0. The lowest BCUT2D eigenvalue weighted by atomic mass is 9.94. The lowest BCUT2D eigenvalue weighted by molar-refractivity contribution is -0.139. The Morgan fingerprint density at radius 3 is 2.63 bits per heavy atom. The number of carbonyl (C=O) groups excluding carboxylic acids is 3. The molecular formula is C23H18N2O5. The van der Waals surface area contributed by atoms with Crippen LogP contribution in [0, 0.1) is 11.3 Å². The van der Waals surface area contributed by atoms with Crippen LogP contribution in [0.15, 0.2) is 70.2 Å². The number of nitriles is 1. The van der Waals surface area contributed by atoms with Crippen molar-refractivity contribution in [1.29, 1.82) is 5.26 Å². The van der Waals surface area contributed by atoms with Gasteiger partial charge in [-0.3, -0.25) is 14.5 Å². The predicted molar refractivity (Wildman–Crippen MR) is 109 cm³/mol. The van der Waals surface area contributed by atoms with Crippen molar-refractivity contribution >= 4 is 23.9 Å². The van der Waals surface area contributed by atoms with Gasteiger partial charge in [0.25, 0.3) is 11.8 Å². The van der Waals surface area contributed by atoms with Crippen molar-refractivity contribution in [1.82, 2.24) is 4.90 Å². The quantitative estimate of drug-likeness (QED) is 0.328. The maximum atomic E-state index is 12.8. The number of carbonyl (C=O) groups is 3. The first-order valence-electron chi connectivity index (χ1n) is 9.00. The van der Waals surface area contributed by atoms with E-state index in [2.05, 4.69) is 6.58 Å². The molecule has 1 aliphatic rings. The van der Waals surface area contributed by atoms with Crippen LogP contribution in [0.2, 0.25) is 0 Å². The molecule has 2 amide bonds. The van der Waals surface area contributed by atoms with Gasteiger partial charge in [0.05, 0.1) is 12.7 Å². The molecule has 3 rings (SSSR count). The third-order valence-corrected chi connectivity index (χ3v) is 4.65. The summed E-state index contributed by atoms with van der Waals surface area (Å²) in [6, 6.07) is 12.0. The Bertz CT molecular complexity index is 1160. The molecule has 1 aliphatic heterocycles. The molecule has 0 atom stereocenters. The van der Waals surface area contributed by atoms with E-state index in [1.807, 2.05) is 6.07 Å². The second kappa shape index (κ2) is 8.45. The molecule has 0 fully saturated rings. The van der Waals surface area contributed by atoms with Crippen LogP contribution in [-0.2, 0) is 14.3 Å². The summed E-state index contributed by atoms with van der Waals surface area (Å²) in [6.45, 7) is 5.08. The standard InChI is InChI=1S/C23H18N2O5/c1-4-11-25-21(26)18(14(2)19(13-24)22(25)27)12-15-9-10-20(30-15)16-7-5-6-8-17(16)23(28)29-3/h4-10,12H,1,11H2,2-3H3/b18-12+. The summed E-state index contributed by atoms with van der Waals surface area (Å²) in [5.41, 5.74) is 1.23. The fraction of sp³-hybridized carbons (Fsp3) is 0.130. The molecule has 7 heteroatoms. The van der Waals surface area contributed by atoms with Gasteiger partial charge in [0.2, 0.25) is 0 Å². The molecule has 2 heterocycles. The van der Waals surface area contributed by atoms with E-state index in [4.69, 9.17) is 9.15 Å².